The van der Waals surface area contributed by atoms with Crippen molar-refractivity contribution < 1.29 is 19.0 Å². The van der Waals surface area contributed by atoms with Gasteiger partial charge in [0.2, 0.25) is 0 Å². The van der Waals surface area contributed by atoms with Crippen molar-refractivity contribution in [2.75, 3.05) is 27.6 Å². The molecular formula is C25H40O4. The molecule has 8 atom stereocenters. The summed E-state index contributed by atoms with van der Waals surface area (Å²) in [6, 6.07) is 0. The van der Waals surface area contributed by atoms with Gasteiger partial charge in [0.1, 0.15) is 6.79 Å². The molecule has 0 aliphatic heterocycles. The highest BCUT2D eigenvalue weighted by Crippen LogP contribution is 2.66. The molecule has 4 rings (SSSR count). The predicted octanol–water partition coefficient (Wildman–Crippen LogP) is 5.02. The monoisotopic (exact) mass is 404 g/mol. The quantitative estimate of drug-likeness (QED) is 0.583. The number of carbonyl (C=O) groups excluding carboxylic acids is 1. The van der Waals surface area contributed by atoms with E-state index in [1.54, 1.807) is 7.11 Å². The molecule has 0 aromatic heterocycles. The number of ketones is 1. The standard InChI is InChI=1S/C25H40O4/c1-16(14-27-4)19-6-7-20-18-13-23(26)22-12-17(29-15-28-5)8-10-25(22,3)21(18)9-11-24(19,20)2/h13,16-17,19-22H,6-12,14-15H2,1-5H3/t16-,17+,19-,20+,21?,22-,24-,25-/m1/s1. The summed E-state index contributed by atoms with van der Waals surface area (Å²) in [5.41, 5.74) is 1.93. The van der Waals surface area contributed by atoms with E-state index < -0.39 is 0 Å². The van der Waals surface area contributed by atoms with Gasteiger partial charge in [-0.3, -0.25) is 4.79 Å². The van der Waals surface area contributed by atoms with E-state index in [9.17, 15) is 4.79 Å². The minimum Gasteiger partial charge on any atom is -0.384 e. The first-order valence-corrected chi connectivity index (χ1v) is 11.7. The zero-order valence-corrected chi connectivity index (χ0v) is 19.0. The molecule has 0 radical (unpaired) electrons. The van der Waals surface area contributed by atoms with E-state index >= 15 is 0 Å². The largest absolute Gasteiger partial charge is 0.384 e. The Morgan fingerprint density at radius 2 is 1.72 bits per heavy atom. The van der Waals surface area contributed by atoms with Gasteiger partial charge < -0.3 is 14.2 Å². The van der Waals surface area contributed by atoms with Crippen LogP contribution in [-0.2, 0) is 19.0 Å². The molecule has 0 aromatic rings. The molecule has 0 aromatic carbocycles. The molecule has 0 saturated heterocycles. The Hall–Kier alpha value is -0.710. The number of hydrogen-bond donors (Lipinski definition) is 0. The molecule has 0 spiro atoms. The van der Waals surface area contributed by atoms with E-state index in [1.807, 2.05) is 7.11 Å². The third kappa shape index (κ3) is 3.43. The van der Waals surface area contributed by atoms with Crippen LogP contribution < -0.4 is 0 Å². The molecule has 4 heteroatoms. The fraction of sp³-hybridized carbons (Fsp3) is 0.880. The Balaban J connectivity index is 1.58. The summed E-state index contributed by atoms with van der Waals surface area (Å²) in [5.74, 6) is 2.91. The summed E-state index contributed by atoms with van der Waals surface area (Å²) in [5, 5.41) is 0. The van der Waals surface area contributed by atoms with Gasteiger partial charge in [0.05, 0.1) is 6.10 Å². The van der Waals surface area contributed by atoms with Gasteiger partial charge in [-0.05, 0) is 85.5 Å². The minimum atomic E-state index is 0.103. The second kappa shape index (κ2) is 8.09. The average molecular weight is 405 g/mol. The summed E-state index contributed by atoms with van der Waals surface area (Å²) in [6.07, 6.45) is 10.3. The molecular weight excluding hydrogens is 364 g/mol. The molecule has 1 unspecified atom stereocenters. The lowest BCUT2D eigenvalue weighted by atomic mass is 9.47. The first kappa shape index (κ1) is 21.5. The van der Waals surface area contributed by atoms with E-state index in [2.05, 4.69) is 26.8 Å². The third-order valence-corrected chi connectivity index (χ3v) is 9.47. The molecule has 4 nitrogen and oxygen atoms in total. The van der Waals surface area contributed by atoms with E-state index in [0.29, 0.717) is 41.7 Å². The van der Waals surface area contributed by atoms with Crippen LogP contribution in [0.1, 0.15) is 65.7 Å². The van der Waals surface area contributed by atoms with Crippen LogP contribution in [0.2, 0.25) is 0 Å². The highest BCUT2D eigenvalue weighted by molar-refractivity contribution is 5.94. The summed E-state index contributed by atoms with van der Waals surface area (Å²) in [6.45, 7) is 8.44. The summed E-state index contributed by atoms with van der Waals surface area (Å²) in [4.78, 5) is 13.3. The van der Waals surface area contributed by atoms with Gasteiger partial charge in [-0.15, -0.1) is 0 Å². The van der Waals surface area contributed by atoms with Crippen LogP contribution >= 0.6 is 0 Å². The molecule has 3 saturated carbocycles. The fourth-order valence-corrected chi connectivity index (χ4v) is 8.00. The van der Waals surface area contributed by atoms with Crippen molar-refractivity contribution in [2.45, 2.75) is 71.8 Å². The molecule has 29 heavy (non-hydrogen) atoms. The highest BCUT2D eigenvalue weighted by atomic mass is 16.7. The Morgan fingerprint density at radius 3 is 2.45 bits per heavy atom. The molecule has 0 N–H and O–H groups in total. The fourth-order valence-electron chi connectivity index (χ4n) is 8.00. The van der Waals surface area contributed by atoms with Gasteiger partial charge in [0, 0.05) is 26.7 Å². The van der Waals surface area contributed by atoms with Crippen molar-refractivity contribution in [3.05, 3.63) is 11.6 Å². The van der Waals surface area contributed by atoms with Crippen LogP contribution in [0.25, 0.3) is 0 Å². The molecule has 164 valence electrons. The van der Waals surface area contributed by atoms with Crippen molar-refractivity contribution in [2.24, 2.45) is 40.4 Å². The van der Waals surface area contributed by atoms with E-state index in [0.717, 1.165) is 25.9 Å². The van der Waals surface area contributed by atoms with Crippen molar-refractivity contribution >= 4 is 5.78 Å². The molecule has 4 aliphatic carbocycles. The van der Waals surface area contributed by atoms with Crippen molar-refractivity contribution in [1.82, 2.24) is 0 Å². The van der Waals surface area contributed by atoms with Crippen molar-refractivity contribution in [1.29, 1.82) is 0 Å². The zero-order valence-electron chi connectivity index (χ0n) is 19.0. The topological polar surface area (TPSA) is 44.8 Å². The van der Waals surface area contributed by atoms with Gasteiger partial charge in [-0.2, -0.15) is 0 Å². The highest BCUT2D eigenvalue weighted by Gasteiger charge is 2.59. The maximum absolute atomic E-state index is 13.3. The van der Waals surface area contributed by atoms with Crippen LogP contribution in [-0.4, -0.2) is 39.5 Å². The van der Waals surface area contributed by atoms with E-state index in [-0.39, 0.29) is 17.4 Å². The predicted molar refractivity (Wildman–Crippen MR) is 113 cm³/mol. The van der Waals surface area contributed by atoms with Crippen LogP contribution in [0.5, 0.6) is 0 Å². The second-order valence-electron chi connectivity index (χ2n) is 10.8. The van der Waals surface area contributed by atoms with Gasteiger partial charge in [0.15, 0.2) is 5.78 Å². The number of rotatable bonds is 6. The molecule has 4 aliphatic rings. The van der Waals surface area contributed by atoms with Gasteiger partial charge in [-0.1, -0.05) is 26.3 Å². The number of ether oxygens (including phenoxy) is 3. The van der Waals surface area contributed by atoms with Crippen molar-refractivity contribution in [3.63, 3.8) is 0 Å². The number of fused-ring (bicyclic) bond motifs is 5. The number of carbonyl (C=O) groups is 1. The normalized spacial score (nSPS) is 45.2. The van der Waals surface area contributed by atoms with Crippen LogP contribution in [0.3, 0.4) is 0 Å². The summed E-state index contributed by atoms with van der Waals surface area (Å²) < 4.78 is 16.4. The number of methoxy groups -OCH3 is 2. The average Bonchev–Trinajstić information content (AvgIpc) is 3.04. The minimum absolute atomic E-state index is 0.103. The molecule has 0 bridgehead atoms. The Bertz CT molecular complexity index is 657. The van der Waals surface area contributed by atoms with E-state index in [4.69, 9.17) is 14.2 Å². The lowest BCUT2D eigenvalue weighted by Gasteiger charge is -2.57. The zero-order chi connectivity index (χ0) is 20.8. The van der Waals surface area contributed by atoms with Gasteiger partial charge in [-0.25, -0.2) is 0 Å². The maximum atomic E-state index is 13.3. The van der Waals surface area contributed by atoms with Crippen LogP contribution in [0, 0.1) is 40.4 Å². The lowest BCUT2D eigenvalue weighted by molar-refractivity contribution is -0.142. The maximum Gasteiger partial charge on any atom is 0.159 e. The molecule has 0 heterocycles. The smallest absolute Gasteiger partial charge is 0.159 e. The first-order chi connectivity index (χ1) is 13.8. The van der Waals surface area contributed by atoms with Crippen molar-refractivity contribution in [3.8, 4) is 0 Å². The lowest BCUT2D eigenvalue weighted by Crippen LogP contribution is -2.53. The van der Waals surface area contributed by atoms with Crippen LogP contribution in [0.4, 0.5) is 0 Å². The first-order valence-electron chi connectivity index (χ1n) is 11.7. The number of hydrogen-bond acceptors (Lipinski definition) is 4. The number of allylic oxidation sites excluding steroid dienone is 2. The Labute approximate surface area is 176 Å². The SMILES string of the molecule is COCO[C@H]1CC[C@]2(C)C3CC[C@]4(C)[C@@H]([C@H](C)COC)CC[C@H]4C3=CC(=O)[C@H]2C1. The van der Waals surface area contributed by atoms with Gasteiger partial charge in [0.25, 0.3) is 0 Å². The van der Waals surface area contributed by atoms with E-state index in [1.165, 1.54) is 31.3 Å². The second-order valence-corrected chi connectivity index (χ2v) is 10.8. The summed E-state index contributed by atoms with van der Waals surface area (Å²) >= 11 is 0. The Kier molecular flexibility index (Phi) is 6.00. The molecule has 0 amide bonds. The summed E-state index contributed by atoms with van der Waals surface area (Å²) in [7, 11) is 3.48. The third-order valence-electron chi connectivity index (χ3n) is 9.47. The molecule has 3 fully saturated rings. The van der Waals surface area contributed by atoms with Crippen LogP contribution in [0.15, 0.2) is 11.6 Å². The Morgan fingerprint density at radius 1 is 1.00 bits per heavy atom. The van der Waals surface area contributed by atoms with Gasteiger partial charge >= 0.3 is 0 Å².